The molecule has 2 saturated heterocycles. The van der Waals surface area contributed by atoms with Gasteiger partial charge in [-0.25, -0.2) is 4.79 Å². The Morgan fingerprint density at radius 3 is 1.98 bits per heavy atom. The quantitative estimate of drug-likeness (QED) is 0.101. The van der Waals surface area contributed by atoms with Crippen molar-refractivity contribution >= 4 is 11.8 Å². The van der Waals surface area contributed by atoms with Crippen LogP contribution >= 0.6 is 0 Å². The van der Waals surface area contributed by atoms with Gasteiger partial charge in [-0.1, -0.05) is 77.6 Å². The summed E-state index contributed by atoms with van der Waals surface area (Å²) in [6, 6.07) is 0. The molecule has 2 fully saturated rings. The van der Waals surface area contributed by atoms with E-state index in [9.17, 15) is 19.8 Å². The fraction of sp³-hybridized carbons (Fsp3) is 0.886. The molecule has 3 aliphatic rings. The van der Waals surface area contributed by atoms with Gasteiger partial charge in [0.1, 0.15) is 11.9 Å². The summed E-state index contributed by atoms with van der Waals surface area (Å²) in [6.45, 7) is 4.11. The number of aliphatic hydroxyl groups is 2. The Hall–Kier alpha value is -1.28. The fourth-order valence-electron chi connectivity index (χ4n) is 6.81. The Labute approximate surface area is 255 Å². The number of rotatable bonds is 22. The second-order valence-corrected chi connectivity index (χ2v) is 13.2. The minimum absolute atomic E-state index is 0.0283. The largest absolute Gasteiger partial charge is 0.455 e. The highest BCUT2D eigenvalue weighted by Crippen LogP contribution is 2.30. The average Bonchev–Trinajstić information content (AvgIpc) is 3.58. The number of aliphatic hydroxyl groups excluding tert-OH is 2. The summed E-state index contributed by atoms with van der Waals surface area (Å²) in [7, 11) is 0. The van der Waals surface area contributed by atoms with Crippen molar-refractivity contribution in [2.45, 2.75) is 198 Å². The van der Waals surface area contributed by atoms with Gasteiger partial charge < -0.3 is 24.4 Å². The van der Waals surface area contributed by atoms with Gasteiger partial charge in [0.25, 0.3) is 0 Å². The summed E-state index contributed by atoms with van der Waals surface area (Å²) < 4.78 is 17.4. The molecule has 0 unspecified atom stereocenters. The van der Waals surface area contributed by atoms with Crippen molar-refractivity contribution in [3.05, 3.63) is 11.6 Å². The first-order valence-corrected chi connectivity index (χ1v) is 17.5. The van der Waals surface area contributed by atoms with Gasteiger partial charge in [-0.2, -0.15) is 0 Å². The second-order valence-electron chi connectivity index (χ2n) is 13.2. The van der Waals surface area contributed by atoms with Crippen molar-refractivity contribution in [3.63, 3.8) is 0 Å². The second kappa shape index (κ2) is 19.9. The fourth-order valence-corrected chi connectivity index (χ4v) is 6.81. The molecule has 0 aromatic rings. The van der Waals surface area contributed by atoms with Crippen molar-refractivity contribution < 1.29 is 34.0 Å². The van der Waals surface area contributed by atoms with Crippen molar-refractivity contribution in [1.82, 2.24) is 0 Å². The lowest BCUT2D eigenvalue weighted by molar-refractivity contribution is -0.140. The third kappa shape index (κ3) is 13.2. The minimum atomic E-state index is -0.545. The van der Waals surface area contributed by atoms with Crippen molar-refractivity contribution in [2.24, 2.45) is 0 Å². The number of unbranched alkanes of at least 4 members (excludes halogenated alkanes) is 10. The topological polar surface area (TPSA) is 102 Å². The zero-order valence-electron chi connectivity index (χ0n) is 26.6. The minimum Gasteiger partial charge on any atom is -0.455 e. The van der Waals surface area contributed by atoms with Gasteiger partial charge in [-0.05, 0) is 64.4 Å². The van der Waals surface area contributed by atoms with E-state index in [1.165, 1.54) is 57.8 Å². The Bertz CT molecular complexity index is 811. The Morgan fingerprint density at radius 2 is 1.38 bits per heavy atom. The van der Waals surface area contributed by atoms with Crippen LogP contribution in [0.3, 0.4) is 0 Å². The summed E-state index contributed by atoms with van der Waals surface area (Å²) in [4.78, 5) is 24.5. The first-order chi connectivity index (χ1) is 20.4. The number of carbonyl (C=O) groups is 2. The number of cyclic esters (lactones) is 1. The zero-order valence-corrected chi connectivity index (χ0v) is 26.6. The van der Waals surface area contributed by atoms with E-state index in [-0.39, 0.29) is 42.3 Å². The lowest BCUT2D eigenvalue weighted by Crippen LogP contribution is -2.31. The molecule has 0 bridgehead atoms. The van der Waals surface area contributed by atoms with Crippen molar-refractivity contribution in [2.75, 3.05) is 0 Å². The van der Waals surface area contributed by atoms with Crippen LogP contribution in [0.4, 0.5) is 0 Å². The molecule has 0 spiro atoms. The molecule has 7 nitrogen and oxygen atoms in total. The third-order valence-electron chi connectivity index (χ3n) is 9.33. The van der Waals surface area contributed by atoms with E-state index in [4.69, 9.17) is 14.2 Å². The molecule has 7 heteroatoms. The molecule has 3 aliphatic heterocycles. The van der Waals surface area contributed by atoms with Crippen LogP contribution in [0, 0.1) is 0 Å². The van der Waals surface area contributed by atoms with Gasteiger partial charge in [-0.3, -0.25) is 4.79 Å². The van der Waals surface area contributed by atoms with Crippen LogP contribution in [0.25, 0.3) is 0 Å². The highest BCUT2D eigenvalue weighted by molar-refractivity contribution is 5.90. The molecule has 2 N–H and O–H groups in total. The van der Waals surface area contributed by atoms with Crippen LogP contribution in [0.1, 0.15) is 155 Å². The number of ketones is 1. The predicted molar refractivity (Wildman–Crippen MR) is 165 cm³/mol. The molecule has 0 amide bonds. The lowest BCUT2D eigenvalue weighted by Gasteiger charge is -2.30. The van der Waals surface area contributed by atoms with E-state index < -0.39 is 12.2 Å². The summed E-state index contributed by atoms with van der Waals surface area (Å²) in [5.74, 6) is -0.0407. The Kier molecular flexibility index (Phi) is 16.7. The molecule has 42 heavy (non-hydrogen) atoms. The van der Waals surface area contributed by atoms with Crippen LogP contribution in [0.2, 0.25) is 0 Å². The number of hydrogen-bond acceptors (Lipinski definition) is 7. The summed E-state index contributed by atoms with van der Waals surface area (Å²) in [5, 5.41) is 21.3. The molecule has 0 saturated carbocycles. The monoisotopic (exact) mass is 592 g/mol. The molecular formula is C35H60O7. The standard InChI is InChI=1S/C35H60O7/c1-3-4-5-6-7-8-9-10-11-12-19-31(37)33-21-22-34(42-33)32(38)20-14-13-16-28(36)25-30-18-15-17-29(41-30)24-27-23-26(2)40-35(27)39/h23,26,29-34,37-38H,3-22,24-25H2,1-2H3/t26-,29-,30+,31+,32-,33+,34-/m0/s1. The lowest BCUT2D eigenvalue weighted by atomic mass is 9.95. The van der Waals surface area contributed by atoms with E-state index in [2.05, 4.69) is 6.92 Å². The van der Waals surface area contributed by atoms with Crippen molar-refractivity contribution in [3.8, 4) is 0 Å². The Balaban J connectivity index is 1.19. The van der Waals surface area contributed by atoms with Gasteiger partial charge in [0.2, 0.25) is 0 Å². The maximum atomic E-state index is 12.6. The van der Waals surface area contributed by atoms with E-state index in [1.807, 2.05) is 13.0 Å². The summed E-state index contributed by atoms with van der Waals surface area (Å²) in [5.41, 5.74) is 0.694. The maximum Gasteiger partial charge on any atom is 0.334 e. The van der Waals surface area contributed by atoms with Gasteiger partial charge in [0.15, 0.2) is 0 Å². The summed E-state index contributed by atoms with van der Waals surface area (Å²) >= 11 is 0. The number of ether oxygens (including phenoxy) is 3. The average molecular weight is 593 g/mol. The van der Waals surface area contributed by atoms with E-state index in [0.717, 1.165) is 57.8 Å². The maximum absolute atomic E-state index is 12.6. The number of carbonyl (C=O) groups excluding carboxylic acids is 2. The van der Waals surface area contributed by atoms with Crippen molar-refractivity contribution in [1.29, 1.82) is 0 Å². The molecule has 0 radical (unpaired) electrons. The van der Waals surface area contributed by atoms with Crippen LogP contribution < -0.4 is 0 Å². The van der Waals surface area contributed by atoms with Gasteiger partial charge in [-0.15, -0.1) is 0 Å². The SMILES string of the molecule is CCCCCCCCCCCC[C@@H](O)[C@H]1CC[C@@H]([C@@H](O)CCCCC(=O)C[C@H]2CCC[C@@H](CC3=C[C@H](C)OC3=O)O2)O1. The van der Waals surface area contributed by atoms with Crippen LogP contribution in [0.5, 0.6) is 0 Å². The molecule has 242 valence electrons. The van der Waals surface area contributed by atoms with Crippen LogP contribution in [-0.2, 0) is 23.8 Å². The predicted octanol–water partition coefficient (Wildman–Crippen LogP) is 7.29. The third-order valence-corrected chi connectivity index (χ3v) is 9.33. The molecular weight excluding hydrogens is 532 g/mol. The molecule has 0 aromatic heterocycles. The van der Waals surface area contributed by atoms with Crippen LogP contribution in [0.15, 0.2) is 11.6 Å². The number of esters is 1. The Morgan fingerprint density at radius 1 is 0.810 bits per heavy atom. The first-order valence-electron chi connectivity index (χ1n) is 17.5. The smallest absolute Gasteiger partial charge is 0.334 e. The number of Topliss-reactive ketones (excluding diaryl/α,β-unsaturated/α-hetero) is 1. The summed E-state index contributed by atoms with van der Waals surface area (Å²) in [6.07, 6.45) is 21.9. The van der Waals surface area contributed by atoms with Gasteiger partial charge >= 0.3 is 5.97 Å². The molecule has 0 aromatic carbocycles. The van der Waals surface area contributed by atoms with Gasteiger partial charge in [0, 0.05) is 24.8 Å². The molecule has 7 atom stereocenters. The normalized spacial score (nSPS) is 27.6. The first kappa shape index (κ1) is 35.2. The van der Waals surface area contributed by atoms with E-state index in [0.29, 0.717) is 31.3 Å². The van der Waals surface area contributed by atoms with Gasteiger partial charge in [0.05, 0.1) is 36.6 Å². The zero-order chi connectivity index (χ0) is 30.2. The molecule has 3 heterocycles. The van der Waals surface area contributed by atoms with E-state index >= 15 is 0 Å². The molecule has 3 rings (SSSR count). The van der Waals surface area contributed by atoms with Crippen LogP contribution in [-0.4, -0.2) is 64.7 Å². The molecule has 0 aliphatic carbocycles. The van der Waals surface area contributed by atoms with E-state index in [1.54, 1.807) is 0 Å². The highest BCUT2D eigenvalue weighted by Gasteiger charge is 2.34. The highest BCUT2D eigenvalue weighted by atomic mass is 16.5. The number of hydrogen-bond donors (Lipinski definition) is 2.